The number of aryl methyl sites for hydroxylation is 1. The number of benzene rings is 1. The largest absolute Gasteiger partial charge is 0.298 e. The normalized spacial score (nSPS) is 17.0. The van der Waals surface area contributed by atoms with Gasteiger partial charge in [-0.3, -0.25) is 14.4 Å². The van der Waals surface area contributed by atoms with Gasteiger partial charge in [-0.2, -0.15) is 0 Å². The lowest BCUT2D eigenvalue weighted by atomic mass is 10.2. The fourth-order valence-corrected chi connectivity index (χ4v) is 4.78. The third-order valence-corrected chi connectivity index (χ3v) is 6.33. The van der Waals surface area contributed by atoms with E-state index in [2.05, 4.69) is 10.3 Å². The number of amides is 1. The van der Waals surface area contributed by atoms with E-state index in [0.717, 1.165) is 12.1 Å². The summed E-state index contributed by atoms with van der Waals surface area (Å²) in [4.78, 5) is 16.5. The number of sulfonamides is 1. The highest BCUT2D eigenvalue weighted by Gasteiger charge is 2.26. The fourth-order valence-electron chi connectivity index (χ4n) is 2.46. The molecule has 1 aliphatic heterocycles. The van der Waals surface area contributed by atoms with Gasteiger partial charge in [0.1, 0.15) is 0 Å². The first kappa shape index (κ1) is 15.9. The third kappa shape index (κ3) is 3.53. The second kappa shape index (κ2) is 6.29. The van der Waals surface area contributed by atoms with Crippen LogP contribution in [0, 0.1) is 6.92 Å². The number of nitrogens with one attached hydrogen (secondary N) is 1. The average molecular weight is 351 g/mol. The van der Waals surface area contributed by atoms with Crippen molar-refractivity contribution in [3.8, 4) is 0 Å². The van der Waals surface area contributed by atoms with Crippen molar-refractivity contribution in [3.05, 3.63) is 40.9 Å². The van der Waals surface area contributed by atoms with Gasteiger partial charge in [0.05, 0.1) is 17.1 Å². The van der Waals surface area contributed by atoms with Crippen LogP contribution in [0.1, 0.15) is 28.9 Å². The van der Waals surface area contributed by atoms with E-state index in [-0.39, 0.29) is 11.7 Å². The number of hydrogen-bond donors (Lipinski definition) is 1. The summed E-state index contributed by atoms with van der Waals surface area (Å²) >= 11 is 1.36. The van der Waals surface area contributed by atoms with Crippen LogP contribution in [0.3, 0.4) is 0 Å². The van der Waals surface area contributed by atoms with Gasteiger partial charge in [-0.05, 0) is 38.0 Å². The van der Waals surface area contributed by atoms with Crippen LogP contribution in [0.25, 0.3) is 0 Å². The van der Waals surface area contributed by atoms with Gasteiger partial charge in [0.15, 0.2) is 5.13 Å². The monoisotopic (exact) mass is 351 g/mol. The third-order valence-electron chi connectivity index (χ3n) is 3.59. The predicted molar refractivity (Wildman–Crippen MR) is 91.6 cm³/mol. The number of thiazole rings is 1. The van der Waals surface area contributed by atoms with Crippen LogP contribution in [0.2, 0.25) is 0 Å². The molecular formula is C15H17N3O3S2. The molecule has 0 unspecified atom stereocenters. The minimum atomic E-state index is -3.28. The Labute approximate surface area is 139 Å². The van der Waals surface area contributed by atoms with E-state index in [1.807, 2.05) is 12.3 Å². The Hall–Kier alpha value is -1.93. The van der Waals surface area contributed by atoms with E-state index in [1.54, 1.807) is 24.3 Å². The second-order valence-corrected chi connectivity index (χ2v) is 8.26. The summed E-state index contributed by atoms with van der Waals surface area (Å²) in [6, 6.07) is 6.68. The molecule has 122 valence electrons. The van der Waals surface area contributed by atoms with E-state index >= 15 is 0 Å². The lowest BCUT2D eigenvalue weighted by Gasteiger charge is -2.28. The van der Waals surface area contributed by atoms with Gasteiger partial charge in [0.2, 0.25) is 10.0 Å². The van der Waals surface area contributed by atoms with Crippen LogP contribution in [0.4, 0.5) is 10.8 Å². The van der Waals surface area contributed by atoms with Gasteiger partial charge in [-0.25, -0.2) is 13.4 Å². The number of hydrogen-bond acceptors (Lipinski definition) is 5. The van der Waals surface area contributed by atoms with E-state index in [9.17, 15) is 13.2 Å². The second-order valence-electron chi connectivity index (χ2n) is 5.39. The van der Waals surface area contributed by atoms with Crippen molar-refractivity contribution in [2.45, 2.75) is 19.8 Å². The molecule has 6 nitrogen and oxygen atoms in total. The Balaban J connectivity index is 1.83. The predicted octanol–water partition coefficient (Wildman–Crippen LogP) is 2.63. The van der Waals surface area contributed by atoms with E-state index in [0.29, 0.717) is 29.3 Å². The van der Waals surface area contributed by atoms with Crippen molar-refractivity contribution in [1.82, 2.24) is 4.98 Å². The van der Waals surface area contributed by atoms with Crippen molar-refractivity contribution in [1.29, 1.82) is 0 Å². The quantitative estimate of drug-likeness (QED) is 0.922. The van der Waals surface area contributed by atoms with E-state index in [1.165, 1.54) is 15.6 Å². The molecule has 1 saturated heterocycles. The van der Waals surface area contributed by atoms with Crippen LogP contribution in [-0.4, -0.2) is 31.6 Å². The Morgan fingerprint density at radius 1 is 1.35 bits per heavy atom. The van der Waals surface area contributed by atoms with Crippen molar-refractivity contribution < 1.29 is 13.2 Å². The molecule has 1 amide bonds. The molecule has 0 bridgehead atoms. The fraction of sp³-hybridized carbons (Fsp3) is 0.333. The first-order valence-electron chi connectivity index (χ1n) is 7.30. The Morgan fingerprint density at radius 2 is 2.17 bits per heavy atom. The number of anilines is 2. The van der Waals surface area contributed by atoms with Crippen molar-refractivity contribution in [2.75, 3.05) is 21.9 Å². The van der Waals surface area contributed by atoms with Gasteiger partial charge in [-0.15, -0.1) is 11.3 Å². The summed E-state index contributed by atoms with van der Waals surface area (Å²) in [5.74, 6) is -0.141. The maximum atomic E-state index is 12.3. The molecule has 1 aliphatic rings. The Kier molecular flexibility index (Phi) is 4.36. The first-order valence-corrected chi connectivity index (χ1v) is 9.78. The number of nitrogens with zero attached hydrogens (tertiary/aromatic N) is 2. The lowest BCUT2D eigenvalue weighted by Crippen LogP contribution is -2.37. The molecule has 0 spiro atoms. The maximum absolute atomic E-state index is 12.3. The highest BCUT2D eigenvalue weighted by Crippen LogP contribution is 2.25. The topological polar surface area (TPSA) is 79.4 Å². The molecule has 23 heavy (non-hydrogen) atoms. The molecule has 1 aromatic carbocycles. The molecule has 1 fully saturated rings. The highest BCUT2D eigenvalue weighted by atomic mass is 32.2. The maximum Gasteiger partial charge on any atom is 0.257 e. The molecule has 0 radical (unpaired) electrons. The molecule has 1 aromatic heterocycles. The van der Waals surface area contributed by atoms with Crippen molar-refractivity contribution in [3.63, 3.8) is 0 Å². The summed E-state index contributed by atoms with van der Waals surface area (Å²) in [7, 11) is -3.28. The van der Waals surface area contributed by atoms with Crippen LogP contribution >= 0.6 is 11.3 Å². The minimum Gasteiger partial charge on any atom is -0.298 e. The standard InChI is InChI=1S/C15H17N3O3S2/c1-11-10-22-15(16-11)17-14(19)12-5-4-6-13(9-12)18-7-2-3-8-23(18,20)21/h4-6,9-10H,2-3,7-8H2,1H3,(H,16,17,19). The van der Waals surface area contributed by atoms with E-state index < -0.39 is 10.0 Å². The van der Waals surface area contributed by atoms with Gasteiger partial charge < -0.3 is 0 Å². The number of rotatable bonds is 3. The summed E-state index contributed by atoms with van der Waals surface area (Å²) < 4.78 is 25.7. The highest BCUT2D eigenvalue weighted by molar-refractivity contribution is 7.92. The lowest BCUT2D eigenvalue weighted by molar-refractivity contribution is 0.102. The zero-order valence-electron chi connectivity index (χ0n) is 12.7. The average Bonchev–Trinajstić information content (AvgIpc) is 2.92. The summed E-state index contributed by atoms with van der Waals surface area (Å²) in [6.07, 6.45) is 1.51. The Morgan fingerprint density at radius 3 is 2.87 bits per heavy atom. The zero-order chi connectivity index (χ0) is 16.4. The number of aromatic nitrogens is 1. The van der Waals surface area contributed by atoms with Gasteiger partial charge >= 0.3 is 0 Å². The van der Waals surface area contributed by atoms with Crippen LogP contribution in [-0.2, 0) is 10.0 Å². The van der Waals surface area contributed by atoms with Crippen molar-refractivity contribution >= 4 is 38.1 Å². The molecular weight excluding hydrogens is 334 g/mol. The zero-order valence-corrected chi connectivity index (χ0v) is 14.3. The van der Waals surface area contributed by atoms with E-state index in [4.69, 9.17) is 0 Å². The van der Waals surface area contributed by atoms with Crippen molar-refractivity contribution in [2.24, 2.45) is 0 Å². The van der Waals surface area contributed by atoms with Gasteiger partial charge in [-0.1, -0.05) is 6.07 Å². The molecule has 0 saturated carbocycles. The van der Waals surface area contributed by atoms with Crippen LogP contribution in [0.15, 0.2) is 29.6 Å². The molecule has 0 aliphatic carbocycles. The molecule has 2 heterocycles. The Bertz CT molecular complexity index is 830. The van der Waals surface area contributed by atoms with Crippen LogP contribution < -0.4 is 9.62 Å². The van der Waals surface area contributed by atoms with Crippen LogP contribution in [0.5, 0.6) is 0 Å². The molecule has 8 heteroatoms. The molecule has 0 atom stereocenters. The van der Waals surface area contributed by atoms with Gasteiger partial charge in [0.25, 0.3) is 5.91 Å². The molecule has 1 N–H and O–H groups in total. The SMILES string of the molecule is Cc1csc(NC(=O)c2cccc(N3CCCCS3(=O)=O)c2)n1. The minimum absolute atomic E-state index is 0.155. The van der Waals surface area contributed by atoms with Gasteiger partial charge in [0, 0.05) is 17.5 Å². The molecule has 3 rings (SSSR count). The summed E-state index contributed by atoms with van der Waals surface area (Å²) in [5, 5.41) is 5.11. The smallest absolute Gasteiger partial charge is 0.257 e. The first-order chi connectivity index (χ1) is 11.0. The summed E-state index contributed by atoms with van der Waals surface area (Å²) in [5.41, 5.74) is 1.79. The number of carbonyl (C=O) groups excluding carboxylic acids is 1. The number of carbonyl (C=O) groups is 1. The molecule has 2 aromatic rings. The summed E-state index contributed by atoms with van der Waals surface area (Å²) in [6.45, 7) is 2.31.